The van der Waals surface area contributed by atoms with Gasteiger partial charge in [-0.3, -0.25) is 14.8 Å². The Bertz CT molecular complexity index is 1860. The molecular weight excluding hydrogens is 803 g/mol. The Morgan fingerprint density at radius 1 is 0.898 bits per heavy atom. The molecule has 5 rings (SSSR count). The number of aliphatic hydroxyl groups is 1. The first-order valence-corrected chi connectivity index (χ1v) is 18.3. The molecule has 2 aromatic carbocycles. The van der Waals surface area contributed by atoms with Gasteiger partial charge in [0.05, 0.1) is 26.5 Å². The van der Waals surface area contributed by atoms with E-state index in [-0.39, 0.29) is 48.9 Å². The molecule has 1 radical (unpaired) electrons. The van der Waals surface area contributed by atoms with Gasteiger partial charge in [-0.25, -0.2) is 4.98 Å². The van der Waals surface area contributed by atoms with Crippen molar-refractivity contribution in [1.29, 1.82) is 0 Å². The molecule has 0 bridgehead atoms. The molecule has 0 fully saturated rings. The molecule has 0 unspecified atom stereocenters. The molecular formula is C42H52IrN3O2S-. The number of benzene rings is 2. The van der Waals surface area contributed by atoms with Crippen molar-refractivity contribution >= 4 is 38.1 Å². The SMILES string of the molecule is CC(C)Cc1ccc2sc(-c3cc(-c4[c-]c5ccccc5c(C(C)(C)C)c4)ncn3)cc2n1.CCC(CC)C(=O)/C=C(\O)C(CC)CC.[Ir]. The maximum atomic E-state index is 11.7. The number of pyridine rings is 1. The summed E-state index contributed by atoms with van der Waals surface area (Å²) in [4.78, 5) is 26.9. The average Bonchev–Trinajstić information content (AvgIpc) is 3.49. The van der Waals surface area contributed by atoms with E-state index in [4.69, 9.17) is 4.98 Å². The van der Waals surface area contributed by atoms with Crippen LogP contribution < -0.4 is 0 Å². The summed E-state index contributed by atoms with van der Waals surface area (Å²) in [6.45, 7) is 19.3. The van der Waals surface area contributed by atoms with Crippen molar-refractivity contribution in [2.24, 2.45) is 17.8 Å². The molecule has 0 spiro atoms. The minimum Gasteiger partial charge on any atom is -0.512 e. The molecule has 7 heteroatoms. The first-order chi connectivity index (χ1) is 22.9. The summed E-state index contributed by atoms with van der Waals surface area (Å²) in [5.41, 5.74) is 6.32. The van der Waals surface area contributed by atoms with E-state index in [1.807, 2.05) is 27.7 Å². The van der Waals surface area contributed by atoms with Crippen molar-refractivity contribution in [1.82, 2.24) is 15.0 Å². The Labute approximate surface area is 311 Å². The second-order valence-electron chi connectivity index (χ2n) is 14.1. The maximum absolute atomic E-state index is 11.7. The van der Waals surface area contributed by atoms with E-state index in [2.05, 4.69) is 105 Å². The Morgan fingerprint density at radius 3 is 2.18 bits per heavy atom. The predicted octanol–water partition coefficient (Wildman–Crippen LogP) is 11.7. The number of carbonyl (C=O) groups is 1. The monoisotopic (exact) mass is 855 g/mol. The number of ketones is 1. The van der Waals surface area contributed by atoms with Crippen LogP contribution in [-0.4, -0.2) is 25.8 Å². The molecule has 0 saturated carbocycles. The van der Waals surface area contributed by atoms with Gasteiger partial charge in [-0.1, -0.05) is 91.5 Å². The van der Waals surface area contributed by atoms with Crippen molar-refractivity contribution in [2.45, 2.75) is 99.8 Å². The van der Waals surface area contributed by atoms with Crippen molar-refractivity contribution in [3.8, 4) is 21.8 Å². The molecule has 263 valence electrons. The van der Waals surface area contributed by atoms with Crippen molar-refractivity contribution in [3.63, 3.8) is 0 Å². The normalized spacial score (nSPS) is 12.0. The largest absolute Gasteiger partial charge is 0.512 e. The summed E-state index contributed by atoms with van der Waals surface area (Å²) in [7, 11) is 0. The zero-order chi connectivity index (χ0) is 35.0. The smallest absolute Gasteiger partial charge is 0.162 e. The van der Waals surface area contributed by atoms with Gasteiger partial charge in [0.2, 0.25) is 0 Å². The number of allylic oxidation sites excluding steroid dienone is 2. The number of thiophene rings is 1. The predicted molar refractivity (Wildman–Crippen MR) is 204 cm³/mol. The molecule has 0 aliphatic heterocycles. The molecule has 5 nitrogen and oxygen atoms in total. The summed E-state index contributed by atoms with van der Waals surface area (Å²) < 4.78 is 1.19. The van der Waals surface area contributed by atoms with E-state index in [9.17, 15) is 9.90 Å². The topological polar surface area (TPSA) is 76.0 Å². The van der Waals surface area contributed by atoms with Gasteiger partial charge < -0.3 is 5.11 Å². The van der Waals surface area contributed by atoms with Crippen LogP contribution in [0.3, 0.4) is 0 Å². The van der Waals surface area contributed by atoms with Gasteiger partial charge >= 0.3 is 0 Å². The molecule has 1 N–H and O–H groups in total. The molecule has 0 atom stereocenters. The number of hydrogen-bond acceptors (Lipinski definition) is 6. The van der Waals surface area contributed by atoms with Crippen LogP contribution in [0.2, 0.25) is 0 Å². The van der Waals surface area contributed by atoms with Crippen molar-refractivity contribution in [2.75, 3.05) is 0 Å². The summed E-state index contributed by atoms with van der Waals surface area (Å²) >= 11 is 1.73. The van der Waals surface area contributed by atoms with Crippen LogP contribution in [0.1, 0.15) is 99.3 Å². The van der Waals surface area contributed by atoms with Gasteiger partial charge in [-0.15, -0.1) is 40.5 Å². The number of rotatable bonds is 11. The van der Waals surface area contributed by atoms with E-state index in [0.717, 1.165) is 70.5 Å². The molecule has 0 aliphatic carbocycles. The van der Waals surface area contributed by atoms with Gasteiger partial charge in [0.25, 0.3) is 0 Å². The molecule has 0 aliphatic rings. The minimum absolute atomic E-state index is 0. The second kappa shape index (κ2) is 18.1. The van der Waals surface area contributed by atoms with Gasteiger partial charge in [0.15, 0.2) is 5.78 Å². The van der Waals surface area contributed by atoms with Gasteiger partial charge in [0.1, 0.15) is 6.33 Å². The summed E-state index contributed by atoms with van der Waals surface area (Å²) in [5.74, 6) is 1.14. The number of carbonyl (C=O) groups excluding carboxylic acids is 1. The quantitative estimate of drug-likeness (QED) is 0.0814. The zero-order valence-corrected chi connectivity index (χ0v) is 33.8. The maximum Gasteiger partial charge on any atom is 0.162 e. The van der Waals surface area contributed by atoms with Crippen LogP contribution in [0.25, 0.3) is 42.8 Å². The fraction of sp³-hybridized carbons (Fsp3) is 0.429. The molecule has 5 aromatic rings. The Kier molecular flexibility index (Phi) is 14.9. The van der Waals surface area contributed by atoms with E-state index in [1.165, 1.54) is 21.7 Å². The van der Waals surface area contributed by atoms with Crippen LogP contribution >= 0.6 is 11.3 Å². The van der Waals surface area contributed by atoms with Crippen LogP contribution in [0.15, 0.2) is 72.8 Å². The summed E-state index contributed by atoms with van der Waals surface area (Å²) in [6.07, 6.45) is 7.56. The second-order valence-corrected chi connectivity index (χ2v) is 15.2. The Hall–Kier alpha value is -3.25. The first-order valence-electron chi connectivity index (χ1n) is 17.5. The van der Waals surface area contributed by atoms with Gasteiger partial charge in [-0.05, 0) is 67.7 Å². The minimum atomic E-state index is 0. The first kappa shape index (κ1) is 40.2. The fourth-order valence-corrected chi connectivity index (χ4v) is 7.00. The average molecular weight is 855 g/mol. The number of hydrogen-bond donors (Lipinski definition) is 1. The number of aromatic nitrogens is 3. The van der Waals surface area contributed by atoms with Crippen LogP contribution in [0, 0.1) is 23.8 Å². The number of fused-ring (bicyclic) bond motifs is 2. The van der Waals surface area contributed by atoms with Crippen LogP contribution in [-0.2, 0) is 36.7 Å². The van der Waals surface area contributed by atoms with E-state index < -0.39 is 0 Å². The van der Waals surface area contributed by atoms with E-state index in [1.54, 1.807) is 17.7 Å². The molecule has 0 amide bonds. The fourth-order valence-electron chi connectivity index (χ4n) is 6.03. The van der Waals surface area contributed by atoms with E-state index >= 15 is 0 Å². The third kappa shape index (κ3) is 10.4. The number of aliphatic hydroxyl groups excluding tert-OH is 1. The van der Waals surface area contributed by atoms with Crippen LogP contribution in [0.4, 0.5) is 0 Å². The van der Waals surface area contributed by atoms with E-state index in [0.29, 0.717) is 5.92 Å². The standard InChI is InChI=1S/C29H28N3S.C13H24O2.Ir/c1-18(2)12-21-10-11-27-26(32-21)16-28(33-27)25-15-24(30-17-31-25)20-13-19-8-6-7-9-22(19)23(14-20)29(3,4)5;1-5-10(6-2)12(14)9-13(15)11(7-3)8-4;/h6-11,14-18H,12H2,1-5H3;9-11,14H,5-8H2,1-4H3;/q-1;;/b;12-9-;. The van der Waals surface area contributed by atoms with Crippen molar-refractivity contribution < 1.29 is 30.0 Å². The van der Waals surface area contributed by atoms with Gasteiger partial charge in [-0.2, -0.15) is 0 Å². The third-order valence-corrected chi connectivity index (χ3v) is 10.0. The summed E-state index contributed by atoms with van der Waals surface area (Å²) in [6, 6.07) is 22.8. The van der Waals surface area contributed by atoms with Gasteiger partial charge in [0, 0.05) is 49.4 Å². The van der Waals surface area contributed by atoms with Crippen molar-refractivity contribution in [3.05, 3.63) is 90.1 Å². The zero-order valence-electron chi connectivity index (χ0n) is 30.6. The Morgan fingerprint density at radius 2 is 1.55 bits per heavy atom. The molecule has 49 heavy (non-hydrogen) atoms. The molecule has 3 aromatic heterocycles. The molecule has 3 heterocycles. The number of nitrogens with zero attached hydrogens (tertiary/aromatic N) is 3. The summed E-state index contributed by atoms with van der Waals surface area (Å²) in [5, 5.41) is 12.1. The third-order valence-electron chi connectivity index (χ3n) is 8.91. The Balaban J connectivity index is 0.000000347. The van der Waals surface area contributed by atoms with Crippen LogP contribution in [0.5, 0.6) is 0 Å². The molecule has 0 saturated heterocycles.